The lowest BCUT2D eigenvalue weighted by Gasteiger charge is -2.09. The molecule has 6 heteroatoms. The van der Waals surface area contributed by atoms with Crippen molar-refractivity contribution < 1.29 is 14.6 Å². The molecular weight excluding hydrogens is 256 g/mol. The first kappa shape index (κ1) is 12.3. The summed E-state index contributed by atoms with van der Waals surface area (Å²) < 4.78 is 5.48. The van der Waals surface area contributed by atoms with Crippen molar-refractivity contribution in [3.05, 3.63) is 46.9 Å². The molecule has 0 saturated carbocycles. The molecule has 2 rings (SSSR count). The van der Waals surface area contributed by atoms with Gasteiger partial charge in [0.05, 0.1) is 11.8 Å². The second-order valence-electron chi connectivity index (χ2n) is 3.56. The van der Waals surface area contributed by atoms with Gasteiger partial charge in [-0.25, -0.2) is 14.8 Å². The van der Waals surface area contributed by atoms with Gasteiger partial charge in [0, 0.05) is 0 Å². The first-order valence-electron chi connectivity index (χ1n) is 5.05. The van der Waals surface area contributed by atoms with Gasteiger partial charge in [0.25, 0.3) is 0 Å². The number of aryl methyl sites for hydroxylation is 1. The van der Waals surface area contributed by atoms with E-state index in [0.717, 1.165) is 5.56 Å². The van der Waals surface area contributed by atoms with Crippen LogP contribution in [0.5, 0.6) is 11.6 Å². The van der Waals surface area contributed by atoms with E-state index in [1.165, 1.54) is 24.7 Å². The summed E-state index contributed by atoms with van der Waals surface area (Å²) in [5.41, 5.74) is 0.926. The van der Waals surface area contributed by atoms with Crippen LogP contribution in [-0.4, -0.2) is 21.0 Å². The Kier molecular flexibility index (Phi) is 3.43. The van der Waals surface area contributed by atoms with Gasteiger partial charge in [0.2, 0.25) is 5.88 Å². The number of rotatable bonds is 3. The number of benzene rings is 1. The van der Waals surface area contributed by atoms with Gasteiger partial charge in [0.1, 0.15) is 17.1 Å². The highest BCUT2D eigenvalue weighted by Crippen LogP contribution is 2.28. The summed E-state index contributed by atoms with van der Waals surface area (Å²) >= 11 is 5.86. The smallest absolute Gasteiger partial charge is 0.335 e. The average molecular weight is 265 g/mol. The molecule has 0 aliphatic heterocycles. The molecule has 18 heavy (non-hydrogen) atoms. The molecule has 1 aromatic carbocycles. The summed E-state index contributed by atoms with van der Waals surface area (Å²) in [7, 11) is 0. The van der Waals surface area contributed by atoms with Crippen molar-refractivity contribution in [1.29, 1.82) is 0 Å². The summed E-state index contributed by atoms with van der Waals surface area (Å²) in [5.74, 6) is -0.429. The zero-order valence-electron chi connectivity index (χ0n) is 9.42. The van der Waals surface area contributed by atoms with Crippen LogP contribution in [0.4, 0.5) is 0 Å². The molecule has 0 aliphatic carbocycles. The zero-order chi connectivity index (χ0) is 13.1. The third kappa shape index (κ3) is 2.57. The van der Waals surface area contributed by atoms with Gasteiger partial charge < -0.3 is 9.84 Å². The molecule has 0 aliphatic rings. The Morgan fingerprint density at radius 1 is 1.44 bits per heavy atom. The summed E-state index contributed by atoms with van der Waals surface area (Å²) in [6.45, 7) is 1.80. The van der Waals surface area contributed by atoms with Crippen molar-refractivity contribution in [3.63, 3.8) is 0 Å². The average Bonchev–Trinajstić information content (AvgIpc) is 2.34. The van der Waals surface area contributed by atoms with E-state index in [1.807, 2.05) is 0 Å². The molecule has 0 atom stereocenters. The van der Waals surface area contributed by atoms with Gasteiger partial charge >= 0.3 is 5.97 Å². The maximum absolute atomic E-state index is 10.9. The Hall–Kier alpha value is -2.14. The van der Waals surface area contributed by atoms with E-state index in [1.54, 1.807) is 13.0 Å². The third-order valence-electron chi connectivity index (χ3n) is 2.28. The lowest BCUT2D eigenvalue weighted by atomic mass is 10.1. The largest absolute Gasteiger partial charge is 0.478 e. The van der Waals surface area contributed by atoms with E-state index in [9.17, 15) is 4.79 Å². The number of ether oxygens (including phenoxy) is 1. The zero-order valence-corrected chi connectivity index (χ0v) is 10.2. The number of carboxylic acids is 1. The molecule has 0 radical (unpaired) electrons. The first-order valence-corrected chi connectivity index (χ1v) is 5.43. The standard InChI is InChI=1S/C12H9ClN2O3/c1-7-2-3-8(12(16)17)4-10(7)18-11-9(13)5-14-6-15-11/h2-6H,1H3,(H,16,17). The van der Waals surface area contributed by atoms with Crippen molar-refractivity contribution in [2.45, 2.75) is 6.92 Å². The summed E-state index contributed by atoms with van der Waals surface area (Å²) in [4.78, 5) is 18.5. The van der Waals surface area contributed by atoms with E-state index < -0.39 is 5.97 Å². The van der Waals surface area contributed by atoms with E-state index in [-0.39, 0.29) is 16.5 Å². The quantitative estimate of drug-likeness (QED) is 0.923. The van der Waals surface area contributed by atoms with E-state index in [0.29, 0.717) is 5.75 Å². The van der Waals surface area contributed by atoms with Crippen LogP contribution in [-0.2, 0) is 0 Å². The second kappa shape index (κ2) is 5.01. The van der Waals surface area contributed by atoms with Crippen LogP contribution in [0.25, 0.3) is 0 Å². The summed E-state index contributed by atoms with van der Waals surface area (Å²) in [5, 5.41) is 9.18. The predicted octanol–water partition coefficient (Wildman–Crippen LogP) is 2.93. The Labute approximate surface area is 108 Å². The Morgan fingerprint density at radius 2 is 2.22 bits per heavy atom. The van der Waals surface area contributed by atoms with Crippen molar-refractivity contribution in [2.24, 2.45) is 0 Å². The fourth-order valence-electron chi connectivity index (χ4n) is 1.32. The molecule has 0 amide bonds. The van der Waals surface area contributed by atoms with Gasteiger partial charge in [-0.05, 0) is 24.6 Å². The van der Waals surface area contributed by atoms with E-state index >= 15 is 0 Å². The number of aromatic carboxylic acids is 1. The maximum atomic E-state index is 10.9. The fourth-order valence-corrected chi connectivity index (χ4v) is 1.47. The minimum atomic E-state index is -1.02. The van der Waals surface area contributed by atoms with E-state index in [4.69, 9.17) is 21.4 Å². The number of halogens is 1. The molecule has 92 valence electrons. The molecule has 0 unspecified atom stereocenters. The number of carboxylic acid groups (broad SMARTS) is 1. The number of aromatic nitrogens is 2. The molecule has 5 nitrogen and oxygen atoms in total. The molecule has 0 bridgehead atoms. The van der Waals surface area contributed by atoms with Crippen LogP contribution < -0.4 is 4.74 Å². The molecule has 0 spiro atoms. The van der Waals surface area contributed by atoms with Crippen LogP contribution in [0.1, 0.15) is 15.9 Å². The van der Waals surface area contributed by atoms with Gasteiger partial charge in [-0.3, -0.25) is 0 Å². The Balaban J connectivity index is 2.37. The lowest BCUT2D eigenvalue weighted by Crippen LogP contribution is -1.98. The number of hydrogen-bond acceptors (Lipinski definition) is 4. The summed E-state index contributed by atoms with van der Waals surface area (Å²) in [6, 6.07) is 4.59. The fraction of sp³-hybridized carbons (Fsp3) is 0.0833. The van der Waals surface area contributed by atoms with E-state index in [2.05, 4.69) is 9.97 Å². The Morgan fingerprint density at radius 3 is 2.89 bits per heavy atom. The molecular formula is C12H9ClN2O3. The second-order valence-corrected chi connectivity index (χ2v) is 3.97. The highest BCUT2D eigenvalue weighted by atomic mass is 35.5. The van der Waals surface area contributed by atoms with Crippen molar-refractivity contribution >= 4 is 17.6 Å². The first-order chi connectivity index (χ1) is 8.58. The van der Waals surface area contributed by atoms with Crippen LogP contribution in [0.15, 0.2) is 30.7 Å². The highest BCUT2D eigenvalue weighted by Gasteiger charge is 2.10. The number of carbonyl (C=O) groups is 1. The third-order valence-corrected chi connectivity index (χ3v) is 2.53. The van der Waals surface area contributed by atoms with Crippen LogP contribution >= 0.6 is 11.6 Å². The minimum Gasteiger partial charge on any atom is -0.478 e. The highest BCUT2D eigenvalue weighted by molar-refractivity contribution is 6.31. The Bertz CT molecular complexity index is 602. The maximum Gasteiger partial charge on any atom is 0.335 e. The monoisotopic (exact) mass is 264 g/mol. The number of hydrogen-bond donors (Lipinski definition) is 1. The molecule has 0 fully saturated rings. The van der Waals surface area contributed by atoms with Crippen LogP contribution in [0, 0.1) is 6.92 Å². The van der Waals surface area contributed by atoms with Gasteiger partial charge in [-0.2, -0.15) is 0 Å². The minimum absolute atomic E-state index is 0.140. The van der Waals surface area contributed by atoms with Crippen LogP contribution in [0.3, 0.4) is 0 Å². The SMILES string of the molecule is Cc1ccc(C(=O)O)cc1Oc1ncncc1Cl. The molecule has 2 aromatic rings. The molecule has 0 saturated heterocycles. The van der Waals surface area contributed by atoms with Crippen molar-refractivity contribution in [2.75, 3.05) is 0 Å². The van der Waals surface area contributed by atoms with Gasteiger partial charge in [-0.15, -0.1) is 0 Å². The van der Waals surface area contributed by atoms with Crippen LogP contribution in [0.2, 0.25) is 5.02 Å². The topological polar surface area (TPSA) is 72.3 Å². The lowest BCUT2D eigenvalue weighted by molar-refractivity contribution is 0.0696. The normalized spacial score (nSPS) is 10.1. The van der Waals surface area contributed by atoms with Gasteiger partial charge in [-0.1, -0.05) is 17.7 Å². The van der Waals surface area contributed by atoms with Gasteiger partial charge in [0.15, 0.2) is 0 Å². The van der Waals surface area contributed by atoms with Crippen molar-refractivity contribution in [3.8, 4) is 11.6 Å². The molecule has 1 heterocycles. The predicted molar refractivity (Wildman–Crippen MR) is 65.3 cm³/mol. The van der Waals surface area contributed by atoms with Crippen molar-refractivity contribution in [1.82, 2.24) is 9.97 Å². The number of nitrogens with zero attached hydrogens (tertiary/aromatic N) is 2. The molecule has 1 aromatic heterocycles. The molecule has 1 N–H and O–H groups in total. The summed E-state index contributed by atoms with van der Waals surface area (Å²) in [6.07, 6.45) is 2.71.